The van der Waals surface area contributed by atoms with Crippen LogP contribution in [0.4, 0.5) is 15.8 Å². The standard InChI is InChI=1S/C26H21ClFN3O3/c1-16-6-5-9-22(17(16)2)31-26(33)19(14-29)12-18-13-20(27)10-11-24(18)34-15-25(32)30-23-8-4-3-7-21(23)28/h3-13H,15H2,1-2H3,(H,30,32)(H,31,33)/b19-12-. The number of nitrogens with zero attached hydrogens (tertiary/aromatic N) is 1. The molecule has 34 heavy (non-hydrogen) atoms. The molecule has 0 spiro atoms. The topological polar surface area (TPSA) is 91.2 Å². The fraction of sp³-hybridized carbons (Fsp3) is 0.115. The summed E-state index contributed by atoms with van der Waals surface area (Å²) in [7, 11) is 0. The van der Waals surface area contributed by atoms with Crippen molar-refractivity contribution >= 4 is 40.9 Å². The summed E-state index contributed by atoms with van der Waals surface area (Å²) in [5.41, 5.74) is 2.67. The number of ether oxygens (including phenoxy) is 1. The van der Waals surface area contributed by atoms with Crippen molar-refractivity contribution in [3.05, 3.63) is 93.8 Å². The van der Waals surface area contributed by atoms with E-state index in [4.69, 9.17) is 16.3 Å². The van der Waals surface area contributed by atoms with Gasteiger partial charge in [0.15, 0.2) is 6.61 Å². The van der Waals surface area contributed by atoms with Gasteiger partial charge in [-0.25, -0.2) is 4.39 Å². The van der Waals surface area contributed by atoms with Crippen molar-refractivity contribution in [1.29, 1.82) is 5.26 Å². The molecule has 6 nitrogen and oxygen atoms in total. The highest BCUT2D eigenvalue weighted by Crippen LogP contribution is 2.26. The van der Waals surface area contributed by atoms with Crippen molar-refractivity contribution in [2.45, 2.75) is 13.8 Å². The third-order valence-corrected chi connectivity index (χ3v) is 5.23. The van der Waals surface area contributed by atoms with E-state index in [0.717, 1.165) is 11.1 Å². The van der Waals surface area contributed by atoms with Gasteiger partial charge in [-0.2, -0.15) is 5.26 Å². The summed E-state index contributed by atoms with van der Waals surface area (Å²) in [6.07, 6.45) is 1.33. The summed E-state index contributed by atoms with van der Waals surface area (Å²) in [6.45, 7) is 3.37. The second-order valence-corrected chi connectivity index (χ2v) is 7.81. The van der Waals surface area contributed by atoms with Gasteiger partial charge in [-0.15, -0.1) is 0 Å². The minimum atomic E-state index is -0.598. The Morgan fingerprint density at radius 1 is 1.06 bits per heavy atom. The van der Waals surface area contributed by atoms with Gasteiger partial charge in [0.25, 0.3) is 11.8 Å². The SMILES string of the molecule is Cc1cccc(NC(=O)/C(C#N)=C\c2cc(Cl)ccc2OCC(=O)Nc2ccccc2F)c1C. The lowest BCUT2D eigenvalue weighted by Crippen LogP contribution is -2.21. The first-order chi connectivity index (χ1) is 16.3. The first-order valence-corrected chi connectivity index (χ1v) is 10.6. The number of rotatable bonds is 7. The zero-order valence-electron chi connectivity index (χ0n) is 18.5. The Hall–Kier alpha value is -4.15. The van der Waals surface area contributed by atoms with Crippen molar-refractivity contribution in [1.82, 2.24) is 0 Å². The van der Waals surface area contributed by atoms with E-state index in [2.05, 4.69) is 10.6 Å². The van der Waals surface area contributed by atoms with Crippen molar-refractivity contribution in [3.8, 4) is 11.8 Å². The molecule has 172 valence electrons. The van der Waals surface area contributed by atoms with Gasteiger partial charge in [0.1, 0.15) is 23.2 Å². The number of halogens is 2. The van der Waals surface area contributed by atoms with E-state index < -0.39 is 24.2 Å². The highest BCUT2D eigenvalue weighted by Gasteiger charge is 2.14. The Morgan fingerprint density at radius 2 is 1.79 bits per heavy atom. The second-order valence-electron chi connectivity index (χ2n) is 7.37. The monoisotopic (exact) mass is 477 g/mol. The molecule has 0 radical (unpaired) electrons. The molecular weight excluding hydrogens is 457 g/mol. The van der Waals surface area contributed by atoms with E-state index in [9.17, 15) is 19.2 Å². The molecule has 0 saturated heterocycles. The molecule has 0 aromatic heterocycles. The van der Waals surface area contributed by atoms with Crippen LogP contribution in [0.2, 0.25) is 5.02 Å². The minimum Gasteiger partial charge on any atom is -0.483 e. The van der Waals surface area contributed by atoms with Crippen LogP contribution in [0.1, 0.15) is 16.7 Å². The van der Waals surface area contributed by atoms with Crippen molar-refractivity contribution in [3.63, 3.8) is 0 Å². The van der Waals surface area contributed by atoms with E-state index in [-0.39, 0.29) is 17.0 Å². The van der Waals surface area contributed by atoms with Gasteiger partial charge in [-0.05, 0) is 67.4 Å². The number of hydrogen-bond acceptors (Lipinski definition) is 4. The van der Waals surface area contributed by atoms with Gasteiger partial charge in [0.2, 0.25) is 0 Å². The maximum Gasteiger partial charge on any atom is 0.266 e. The average molecular weight is 478 g/mol. The number of nitrogens with one attached hydrogen (secondary N) is 2. The normalized spacial score (nSPS) is 10.9. The molecule has 3 aromatic rings. The Kier molecular flexibility index (Phi) is 8.01. The molecule has 0 heterocycles. The number of aryl methyl sites for hydroxylation is 1. The summed E-state index contributed by atoms with van der Waals surface area (Å²) < 4.78 is 19.3. The molecule has 0 saturated carbocycles. The van der Waals surface area contributed by atoms with Gasteiger partial charge < -0.3 is 15.4 Å². The number of benzene rings is 3. The predicted octanol–water partition coefficient (Wildman–Crippen LogP) is 5.66. The van der Waals surface area contributed by atoms with Crippen LogP contribution in [0.25, 0.3) is 6.08 Å². The molecule has 0 atom stereocenters. The molecule has 0 unspecified atom stereocenters. The van der Waals surface area contributed by atoms with Crippen LogP contribution in [-0.2, 0) is 9.59 Å². The number of nitriles is 1. The Bertz CT molecular complexity index is 1310. The van der Waals surface area contributed by atoms with Crippen molar-refractivity contribution in [2.75, 3.05) is 17.2 Å². The van der Waals surface area contributed by atoms with Gasteiger partial charge in [-0.1, -0.05) is 35.9 Å². The van der Waals surface area contributed by atoms with Gasteiger partial charge in [0, 0.05) is 16.3 Å². The lowest BCUT2D eigenvalue weighted by Gasteiger charge is -2.12. The second kappa shape index (κ2) is 11.1. The maximum atomic E-state index is 13.7. The number of carbonyl (C=O) groups excluding carboxylic acids is 2. The fourth-order valence-electron chi connectivity index (χ4n) is 3.04. The van der Waals surface area contributed by atoms with Crippen molar-refractivity contribution in [2.24, 2.45) is 0 Å². The number of anilines is 2. The highest BCUT2D eigenvalue weighted by atomic mass is 35.5. The Labute approximate surface area is 201 Å². The van der Waals surface area contributed by atoms with Crippen LogP contribution in [-0.4, -0.2) is 18.4 Å². The lowest BCUT2D eigenvalue weighted by molar-refractivity contribution is -0.118. The number of amides is 2. The maximum absolute atomic E-state index is 13.7. The zero-order chi connectivity index (χ0) is 24.7. The summed E-state index contributed by atoms with van der Waals surface area (Å²) in [6, 6.07) is 17.7. The molecule has 0 aliphatic carbocycles. The van der Waals surface area contributed by atoms with Gasteiger partial charge in [0.05, 0.1) is 5.69 Å². The molecule has 2 amide bonds. The summed E-state index contributed by atoms with van der Waals surface area (Å²) in [5.74, 6) is -1.53. The lowest BCUT2D eigenvalue weighted by atomic mass is 10.1. The summed E-state index contributed by atoms with van der Waals surface area (Å²) in [5, 5.41) is 15.1. The Balaban J connectivity index is 1.78. The molecule has 0 fully saturated rings. The quantitative estimate of drug-likeness (QED) is 0.339. The largest absolute Gasteiger partial charge is 0.483 e. The van der Waals surface area contributed by atoms with Crippen LogP contribution in [0, 0.1) is 31.0 Å². The first kappa shape index (κ1) is 24.5. The summed E-state index contributed by atoms with van der Waals surface area (Å²) >= 11 is 6.09. The molecule has 0 aliphatic rings. The highest BCUT2D eigenvalue weighted by molar-refractivity contribution is 6.30. The van der Waals surface area contributed by atoms with E-state index in [1.54, 1.807) is 18.2 Å². The molecule has 3 aromatic carbocycles. The fourth-order valence-corrected chi connectivity index (χ4v) is 3.22. The van der Waals surface area contributed by atoms with E-state index in [0.29, 0.717) is 16.3 Å². The van der Waals surface area contributed by atoms with E-state index >= 15 is 0 Å². The number of carbonyl (C=O) groups is 2. The third-order valence-electron chi connectivity index (χ3n) is 5.00. The number of para-hydroxylation sites is 1. The van der Waals surface area contributed by atoms with Crippen LogP contribution >= 0.6 is 11.6 Å². The molecule has 0 aliphatic heterocycles. The van der Waals surface area contributed by atoms with Gasteiger partial charge in [-0.3, -0.25) is 9.59 Å². The third kappa shape index (κ3) is 6.21. The predicted molar refractivity (Wildman–Crippen MR) is 130 cm³/mol. The zero-order valence-corrected chi connectivity index (χ0v) is 19.2. The molecule has 2 N–H and O–H groups in total. The van der Waals surface area contributed by atoms with Crippen LogP contribution < -0.4 is 15.4 Å². The molecule has 8 heteroatoms. The van der Waals surface area contributed by atoms with Crippen LogP contribution in [0.5, 0.6) is 5.75 Å². The first-order valence-electron chi connectivity index (χ1n) is 10.2. The average Bonchev–Trinajstić information content (AvgIpc) is 2.81. The van der Waals surface area contributed by atoms with Crippen molar-refractivity contribution < 1.29 is 18.7 Å². The Morgan fingerprint density at radius 3 is 2.53 bits per heavy atom. The minimum absolute atomic E-state index is 0.0298. The van der Waals surface area contributed by atoms with Crippen LogP contribution in [0.3, 0.4) is 0 Å². The molecule has 3 rings (SSSR count). The number of hydrogen-bond donors (Lipinski definition) is 2. The summed E-state index contributed by atoms with van der Waals surface area (Å²) in [4.78, 5) is 24.9. The van der Waals surface area contributed by atoms with E-state index in [1.165, 1.54) is 36.4 Å². The smallest absolute Gasteiger partial charge is 0.266 e. The molecular formula is C26H21ClFN3O3. The molecule has 0 bridgehead atoms. The van der Waals surface area contributed by atoms with Crippen LogP contribution in [0.15, 0.2) is 66.2 Å². The van der Waals surface area contributed by atoms with Gasteiger partial charge >= 0.3 is 0 Å². The van der Waals surface area contributed by atoms with E-state index in [1.807, 2.05) is 32.0 Å².